The third kappa shape index (κ3) is 1.96. The topological polar surface area (TPSA) is 49.3 Å². The van der Waals surface area contributed by atoms with Crippen LogP contribution in [0.1, 0.15) is 35.7 Å². The Balaban J connectivity index is 2.21. The first kappa shape index (κ1) is 10.0. The number of hydrogen-bond donors (Lipinski definition) is 2. The zero-order valence-corrected chi connectivity index (χ0v) is 9.00. The molecule has 1 fully saturated rings. The van der Waals surface area contributed by atoms with Gasteiger partial charge < -0.3 is 10.4 Å². The molecule has 0 aliphatic heterocycles. The molecular weight excluding hydrogens is 190 g/mol. The molecular formula is C12H15NO2. The smallest absolute Gasteiger partial charge is 0.255 e. The van der Waals surface area contributed by atoms with Crippen LogP contribution in [0.3, 0.4) is 0 Å². The van der Waals surface area contributed by atoms with Crippen LogP contribution in [0.2, 0.25) is 0 Å². The van der Waals surface area contributed by atoms with E-state index in [-0.39, 0.29) is 17.2 Å². The summed E-state index contributed by atoms with van der Waals surface area (Å²) in [5.41, 5.74) is 1.04. The number of amides is 1. The molecule has 0 bridgehead atoms. The lowest BCUT2D eigenvalue weighted by atomic mass is 10.1. The molecule has 1 aliphatic carbocycles. The largest absolute Gasteiger partial charge is 0.507 e. The van der Waals surface area contributed by atoms with Crippen molar-refractivity contribution in [3.63, 3.8) is 0 Å². The minimum absolute atomic E-state index is 0.0483. The predicted octanol–water partition coefficient (Wildman–Crippen LogP) is 1.98. The Morgan fingerprint density at radius 3 is 2.73 bits per heavy atom. The Labute approximate surface area is 89.1 Å². The van der Waals surface area contributed by atoms with E-state index in [9.17, 15) is 9.90 Å². The third-order valence-corrected chi connectivity index (χ3v) is 2.90. The minimum atomic E-state index is -0.184. The molecule has 0 aromatic heterocycles. The molecule has 0 unspecified atom stereocenters. The van der Waals surface area contributed by atoms with Crippen LogP contribution in [0, 0.1) is 6.92 Å². The van der Waals surface area contributed by atoms with Gasteiger partial charge in [-0.25, -0.2) is 0 Å². The number of carbonyl (C=O) groups is 1. The van der Waals surface area contributed by atoms with E-state index in [0.717, 1.165) is 18.4 Å². The second-order valence-corrected chi connectivity index (χ2v) is 4.49. The molecule has 1 amide bonds. The van der Waals surface area contributed by atoms with Gasteiger partial charge in [0.1, 0.15) is 5.75 Å². The Hall–Kier alpha value is -1.51. The van der Waals surface area contributed by atoms with Crippen LogP contribution in [-0.4, -0.2) is 16.6 Å². The van der Waals surface area contributed by atoms with Gasteiger partial charge in [0.2, 0.25) is 0 Å². The summed E-state index contributed by atoms with van der Waals surface area (Å²) in [4.78, 5) is 11.8. The van der Waals surface area contributed by atoms with Gasteiger partial charge in [-0.15, -0.1) is 0 Å². The quantitative estimate of drug-likeness (QED) is 0.775. The number of aromatic hydroxyl groups is 1. The first-order valence-corrected chi connectivity index (χ1v) is 5.13. The van der Waals surface area contributed by atoms with E-state index < -0.39 is 0 Å². The number of aryl methyl sites for hydroxylation is 1. The average molecular weight is 205 g/mol. The highest BCUT2D eigenvalue weighted by atomic mass is 16.3. The van der Waals surface area contributed by atoms with Crippen molar-refractivity contribution in [1.29, 1.82) is 0 Å². The van der Waals surface area contributed by atoms with Gasteiger partial charge in [-0.1, -0.05) is 12.1 Å². The molecule has 2 rings (SSSR count). The fourth-order valence-electron chi connectivity index (χ4n) is 1.50. The fourth-order valence-corrected chi connectivity index (χ4v) is 1.50. The Kier molecular flexibility index (Phi) is 2.18. The number of para-hydroxylation sites is 1. The van der Waals surface area contributed by atoms with Crippen molar-refractivity contribution in [2.24, 2.45) is 0 Å². The highest BCUT2D eigenvalue weighted by Crippen LogP contribution is 2.35. The Bertz CT molecular complexity index is 408. The highest BCUT2D eigenvalue weighted by Gasteiger charge is 2.39. The van der Waals surface area contributed by atoms with E-state index in [0.29, 0.717) is 5.56 Å². The summed E-state index contributed by atoms with van der Waals surface area (Å²) in [6.45, 7) is 3.79. The van der Waals surface area contributed by atoms with E-state index in [2.05, 4.69) is 5.32 Å². The molecule has 0 spiro atoms. The molecule has 80 valence electrons. The standard InChI is InChI=1S/C12H15NO2/c1-8-4-3-5-9(10(8)14)11(15)13-12(2)6-7-12/h3-5,14H,6-7H2,1-2H3,(H,13,15). The molecule has 3 heteroatoms. The number of benzene rings is 1. The number of hydrogen-bond acceptors (Lipinski definition) is 2. The maximum absolute atomic E-state index is 11.8. The molecule has 1 aliphatic rings. The van der Waals surface area contributed by atoms with Crippen molar-refractivity contribution in [3.8, 4) is 5.75 Å². The number of phenols is 1. The first-order chi connectivity index (χ1) is 7.02. The van der Waals surface area contributed by atoms with Gasteiger partial charge in [0.15, 0.2) is 0 Å². The Morgan fingerprint density at radius 2 is 2.13 bits per heavy atom. The van der Waals surface area contributed by atoms with E-state index in [4.69, 9.17) is 0 Å². The van der Waals surface area contributed by atoms with Crippen molar-refractivity contribution in [3.05, 3.63) is 29.3 Å². The molecule has 1 aromatic carbocycles. The lowest BCUT2D eigenvalue weighted by molar-refractivity contribution is 0.0932. The summed E-state index contributed by atoms with van der Waals surface area (Å²) < 4.78 is 0. The summed E-state index contributed by atoms with van der Waals surface area (Å²) in [5, 5.41) is 12.6. The number of phenolic OH excluding ortho intramolecular Hbond substituents is 1. The van der Waals surface area contributed by atoms with Gasteiger partial charge >= 0.3 is 0 Å². The molecule has 0 atom stereocenters. The Morgan fingerprint density at radius 1 is 1.47 bits per heavy atom. The van der Waals surface area contributed by atoms with Gasteiger partial charge in [-0.2, -0.15) is 0 Å². The zero-order valence-electron chi connectivity index (χ0n) is 9.00. The van der Waals surface area contributed by atoms with Gasteiger partial charge in [-0.3, -0.25) is 4.79 Å². The second-order valence-electron chi connectivity index (χ2n) is 4.49. The predicted molar refractivity (Wildman–Crippen MR) is 57.9 cm³/mol. The normalized spacial score (nSPS) is 17.2. The summed E-state index contributed by atoms with van der Waals surface area (Å²) in [5.74, 6) is -0.101. The van der Waals surface area contributed by atoms with E-state index >= 15 is 0 Å². The maximum Gasteiger partial charge on any atom is 0.255 e. The summed E-state index contributed by atoms with van der Waals surface area (Å²) in [6, 6.07) is 5.20. The van der Waals surface area contributed by atoms with Crippen molar-refractivity contribution >= 4 is 5.91 Å². The van der Waals surface area contributed by atoms with Crippen LogP contribution in [0.25, 0.3) is 0 Å². The summed E-state index contributed by atoms with van der Waals surface area (Å²) in [6.07, 6.45) is 2.04. The van der Waals surface area contributed by atoms with E-state index in [1.54, 1.807) is 25.1 Å². The second kappa shape index (κ2) is 3.26. The molecule has 0 heterocycles. The van der Waals surface area contributed by atoms with Crippen molar-refractivity contribution in [1.82, 2.24) is 5.32 Å². The minimum Gasteiger partial charge on any atom is -0.507 e. The lowest BCUT2D eigenvalue weighted by Crippen LogP contribution is -2.34. The van der Waals surface area contributed by atoms with E-state index in [1.807, 2.05) is 6.92 Å². The number of rotatable bonds is 2. The molecule has 15 heavy (non-hydrogen) atoms. The summed E-state index contributed by atoms with van der Waals surface area (Å²) in [7, 11) is 0. The van der Waals surface area contributed by atoms with Gasteiger partial charge in [-0.05, 0) is 38.3 Å². The fraction of sp³-hybridized carbons (Fsp3) is 0.417. The van der Waals surface area contributed by atoms with Crippen LogP contribution in [0.5, 0.6) is 5.75 Å². The monoisotopic (exact) mass is 205 g/mol. The zero-order chi connectivity index (χ0) is 11.1. The summed E-state index contributed by atoms with van der Waals surface area (Å²) >= 11 is 0. The molecule has 3 nitrogen and oxygen atoms in total. The van der Waals surface area contributed by atoms with Crippen LogP contribution in [0.15, 0.2) is 18.2 Å². The van der Waals surface area contributed by atoms with Crippen LogP contribution in [-0.2, 0) is 0 Å². The average Bonchev–Trinajstić information content (AvgIpc) is 2.88. The highest BCUT2D eigenvalue weighted by molar-refractivity contribution is 5.97. The van der Waals surface area contributed by atoms with E-state index in [1.165, 1.54) is 0 Å². The van der Waals surface area contributed by atoms with Crippen molar-refractivity contribution in [2.45, 2.75) is 32.2 Å². The van der Waals surface area contributed by atoms with Crippen LogP contribution in [0.4, 0.5) is 0 Å². The van der Waals surface area contributed by atoms with Gasteiger partial charge in [0, 0.05) is 5.54 Å². The molecule has 0 saturated heterocycles. The molecule has 1 aromatic rings. The third-order valence-electron chi connectivity index (χ3n) is 2.90. The first-order valence-electron chi connectivity index (χ1n) is 5.13. The lowest BCUT2D eigenvalue weighted by Gasteiger charge is -2.12. The molecule has 1 saturated carbocycles. The number of nitrogens with one attached hydrogen (secondary N) is 1. The van der Waals surface area contributed by atoms with Gasteiger partial charge in [0.05, 0.1) is 5.56 Å². The van der Waals surface area contributed by atoms with Crippen LogP contribution >= 0.6 is 0 Å². The number of carbonyl (C=O) groups excluding carboxylic acids is 1. The molecule has 0 radical (unpaired) electrons. The molecule has 2 N–H and O–H groups in total. The van der Waals surface area contributed by atoms with Crippen LogP contribution < -0.4 is 5.32 Å². The van der Waals surface area contributed by atoms with Gasteiger partial charge in [0.25, 0.3) is 5.91 Å². The van der Waals surface area contributed by atoms with Crippen molar-refractivity contribution in [2.75, 3.05) is 0 Å². The van der Waals surface area contributed by atoms with Crippen molar-refractivity contribution < 1.29 is 9.90 Å². The SMILES string of the molecule is Cc1cccc(C(=O)NC2(C)CC2)c1O. The maximum atomic E-state index is 11.8.